The molecule has 0 radical (unpaired) electrons. The summed E-state index contributed by atoms with van der Waals surface area (Å²) in [5, 5.41) is 3.32. The Labute approximate surface area is 184 Å². The molecule has 1 aliphatic heterocycles. The molecule has 5 aliphatic rings. The molecule has 3 saturated carbocycles. The lowest BCUT2D eigenvalue weighted by atomic mass is 9.47. The van der Waals surface area contributed by atoms with Gasteiger partial charge in [0.1, 0.15) is 0 Å². The number of Topliss-reactive ketones (excluding diaryl/α,β-unsaturated/α-hetero) is 1. The fourth-order valence-electron chi connectivity index (χ4n) is 7.31. The minimum Gasteiger partial charge on any atom is -0.314 e. The number of carbonyl (C=O) groups is 1. The summed E-state index contributed by atoms with van der Waals surface area (Å²) in [6, 6.07) is 0. The lowest BCUT2D eigenvalue weighted by molar-refractivity contribution is -0.134. The lowest BCUT2D eigenvalue weighted by Crippen LogP contribution is -2.52. The molecule has 170 valence electrons. The summed E-state index contributed by atoms with van der Waals surface area (Å²) >= 11 is 0. The molecule has 1 saturated heterocycles. The lowest BCUT2D eigenvalue weighted by Gasteiger charge is -2.56. The van der Waals surface area contributed by atoms with Crippen LogP contribution in [0.5, 0.6) is 0 Å². The van der Waals surface area contributed by atoms with Crippen molar-refractivity contribution in [3.63, 3.8) is 0 Å². The monoisotopic (exact) mass is 429 g/mol. The average Bonchev–Trinajstić information content (AvgIpc) is 3.35. The highest BCUT2D eigenvalue weighted by Gasteiger charge is 2.62. The third kappa shape index (κ3) is 3.32. The molecule has 7 unspecified atom stereocenters. The summed E-state index contributed by atoms with van der Waals surface area (Å²) in [6.07, 6.45) is 8.43. The number of rotatable bonds is 4. The predicted octanol–water partition coefficient (Wildman–Crippen LogP) is 3.91. The number of aliphatic imine (C=N–C) groups is 1. The molecule has 2 N–H and O–H groups in total. The van der Waals surface area contributed by atoms with Crippen LogP contribution in [-0.2, 0) is 9.63 Å². The van der Waals surface area contributed by atoms with E-state index < -0.39 is 11.6 Å². The molecule has 0 aromatic rings. The van der Waals surface area contributed by atoms with Crippen LogP contribution >= 0.6 is 0 Å². The van der Waals surface area contributed by atoms with Crippen LogP contribution in [0.3, 0.4) is 0 Å². The van der Waals surface area contributed by atoms with Crippen molar-refractivity contribution in [2.45, 2.75) is 71.6 Å². The van der Waals surface area contributed by atoms with Crippen LogP contribution in [0.2, 0.25) is 0 Å². The molecule has 4 fully saturated rings. The van der Waals surface area contributed by atoms with Crippen LogP contribution < -0.4 is 10.8 Å². The Bertz CT molecular complexity index is 846. The highest BCUT2D eigenvalue weighted by Crippen LogP contribution is 2.64. The molecule has 6 heteroatoms. The summed E-state index contributed by atoms with van der Waals surface area (Å²) in [6.45, 7) is 9.09. The van der Waals surface area contributed by atoms with E-state index in [2.05, 4.69) is 36.8 Å². The van der Waals surface area contributed by atoms with Gasteiger partial charge in [-0.15, -0.1) is 0 Å². The normalized spacial score (nSPS) is 45.6. The average molecular weight is 430 g/mol. The molecule has 0 aromatic heterocycles. The number of carbonyl (C=O) groups excluding carboxylic acids is 1. The summed E-state index contributed by atoms with van der Waals surface area (Å²) in [5.74, 6) is 0.781. The van der Waals surface area contributed by atoms with E-state index in [1.807, 2.05) is 6.92 Å². The van der Waals surface area contributed by atoms with E-state index >= 15 is 0 Å². The van der Waals surface area contributed by atoms with E-state index in [-0.39, 0.29) is 23.2 Å². The summed E-state index contributed by atoms with van der Waals surface area (Å²) in [7, 11) is 0. The van der Waals surface area contributed by atoms with Gasteiger partial charge in [-0.25, -0.2) is 4.39 Å². The van der Waals surface area contributed by atoms with Crippen LogP contribution in [0.15, 0.2) is 28.4 Å². The van der Waals surface area contributed by atoms with Crippen LogP contribution in [0.4, 0.5) is 4.39 Å². The summed E-state index contributed by atoms with van der Waals surface area (Å²) in [5.41, 5.74) is 6.18. The zero-order chi connectivity index (χ0) is 21.8. The topological polar surface area (TPSA) is 62.7 Å². The van der Waals surface area contributed by atoms with Gasteiger partial charge in [0.2, 0.25) is 0 Å². The molecule has 0 spiro atoms. The standard InChI is InChI=1S/C25H36FN3O2/c1-4-28-22-12-17-18(6-9-25(3)19(17)13-21(26)23(25)30)24(2)8-5-15(11-20(22)24)29-31-16-7-10-27-14-16/h5,11,16-19,21,27,29H,4,6-10,12-14H2,1-3H3. The quantitative estimate of drug-likeness (QED) is 0.665. The van der Waals surface area contributed by atoms with Gasteiger partial charge in [0.25, 0.3) is 0 Å². The van der Waals surface area contributed by atoms with Gasteiger partial charge in [-0.05, 0) is 81.4 Å². The summed E-state index contributed by atoms with van der Waals surface area (Å²) < 4.78 is 14.5. The van der Waals surface area contributed by atoms with Gasteiger partial charge in [-0.2, -0.15) is 0 Å². The number of hydrogen-bond acceptors (Lipinski definition) is 5. The van der Waals surface area contributed by atoms with E-state index in [0.717, 1.165) is 63.1 Å². The number of fused-ring (bicyclic) bond motifs is 5. The van der Waals surface area contributed by atoms with Gasteiger partial charge >= 0.3 is 0 Å². The molecule has 1 heterocycles. The van der Waals surface area contributed by atoms with Gasteiger partial charge in [0.15, 0.2) is 12.0 Å². The van der Waals surface area contributed by atoms with E-state index in [0.29, 0.717) is 18.3 Å². The molecule has 7 atom stereocenters. The van der Waals surface area contributed by atoms with Crippen molar-refractivity contribution in [3.05, 3.63) is 23.4 Å². The number of ketones is 1. The fraction of sp³-hybridized carbons (Fsp3) is 0.760. The van der Waals surface area contributed by atoms with E-state index in [9.17, 15) is 9.18 Å². The Morgan fingerprint density at radius 1 is 1.29 bits per heavy atom. The number of alkyl halides is 1. The Kier molecular flexibility index (Phi) is 5.37. The van der Waals surface area contributed by atoms with Crippen molar-refractivity contribution in [3.8, 4) is 0 Å². The van der Waals surface area contributed by atoms with Gasteiger partial charge in [0.05, 0.1) is 11.8 Å². The number of hydrogen-bond donors (Lipinski definition) is 2. The van der Waals surface area contributed by atoms with Crippen LogP contribution in [0.25, 0.3) is 0 Å². The number of nitrogens with one attached hydrogen (secondary N) is 2. The molecule has 4 aliphatic carbocycles. The maximum atomic E-state index is 14.5. The Morgan fingerprint density at radius 3 is 2.87 bits per heavy atom. The van der Waals surface area contributed by atoms with E-state index in [4.69, 9.17) is 9.83 Å². The molecular weight excluding hydrogens is 393 g/mol. The Balaban J connectivity index is 1.43. The molecular formula is C25H36FN3O2. The maximum Gasteiger partial charge on any atom is 0.173 e. The Morgan fingerprint density at radius 2 is 2.13 bits per heavy atom. The summed E-state index contributed by atoms with van der Waals surface area (Å²) in [4.78, 5) is 23.5. The first-order valence-electron chi connectivity index (χ1n) is 12.1. The first-order chi connectivity index (χ1) is 14.9. The smallest absolute Gasteiger partial charge is 0.173 e. The van der Waals surface area contributed by atoms with Crippen molar-refractivity contribution in [1.29, 1.82) is 0 Å². The number of nitrogens with zero attached hydrogens (tertiary/aromatic N) is 1. The molecule has 0 amide bonds. The molecule has 31 heavy (non-hydrogen) atoms. The van der Waals surface area contributed by atoms with Gasteiger partial charge in [-0.1, -0.05) is 19.9 Å². The van der Waals surface area contributed by atoms with Crippen LogP contribution in [0, 0.1) is 28.6 Å². The van der Waals surface area contributed by atoms with E-state index in [1.54, 1.807) is 0 Å². The SMILES string of the molecule is CCN=C1CC2C3CC(F)C(=O)C3(C)CCC2C2(C)CC=C(NOC3CCNC3)C=C12. The maximum absolute atomic E-state index is 14.5. The van der Waals surface area contributed by atoms with Crippen LogP contribution in [-0.4, -0.2) is 43.4 Å². The first-order valence-corrected chi connectivity index (χ1v) is 12.1. The third-order valence-corrected chi connectivity index (χ3v) is 9.06. The largest absolute Gasteiger partial charge is 0.314 e. The van der Waals surface area contributed by atoms with Crippen molar-refractivity contribution in [2.24, 2.45) is 33.6 Å². The zero-order valence-electron chi connectivity index (χ0n) is 19.0. The van der Waals surface area contributed by atoms with Gasteiger partial charge in [-0.3, -0.25) is 20.1 Å². The molecule has 5 nitrogen and oxygen atoms in total. The van der Waals surface area contributed by atoms with Gasteiger partial charge in [0, 0.05) is 29.6 Å². The van der Waals surface area contributed by atoms with Crippen molar-refractivity contribution in [2.75, 3.05) is 19.6 Å². The second kappa shape index (κ2) is 7.80. The second-order valence-electron chi connectivity index (χ2n) is 10.7. The fourth-order valence-corrected chi connectivity index (χ4v) is 7.31. The second-order valence-corrected chi connectivity index (χ2v) is 10.7. The highest BCUT2D eigenvalue weighted by atomic mass is 19.1. The van der Waals surface area contributed by atoms with Gasteiger partial charge < -0.3 is 5.32 Å². The van der Waals surface area contributed by atoms with Crippen molar-refractivity contribution < 1.29 is 14.0 Å². The number of hydroxylamine groups is 1. The van der Waals surface area contributed by atoms with E-state index in [1.165, 1.54) is 5.57 Å². The van der Waals surface area contributed by atoms with Crippen molar-refractivity contribution in [1.82, 2.24) is 10.8 Å². The molecule has 0 aromatic carbocycles. The van der Waals surface area contributed by atoms with Crippen LogP contribution in [0.1, 0.15) is 59.3 Å². The third-order valence-electron chi connectivity index (χ3n) is 9.06. The van der Waals surface area contributed by atoms with Crippen molar-refractivity contribution >= 4 is 11.5 Å². The zero-order valence-corrected chi connectivity index (χ0v) is 19.0. The minimum absolute atomic E-state index is 0.0181. The predicted molar refractivity (Wildman–Crippen MR) is 119 cm³/mol. The minimum atomic E-state index is -1.28. The Hall–Kier alpha value is -1.53. The molecule has 0 bridgehead atoms. The molecule has 5 rings (SSSR count). The first kappa shape index (κ1) is 21.3. The number of allylic oxidation sites excluding steroid dienone is 3. The number of halogens is 1. The highest BCUT2D eigenvalue weighted by molar-refractivity contribution is 6.03.